The van der Waals surface area contributed by atoms with Gasteiger partial charge in [0.05, 0.1) is 23.3 Å². The number of aromatic nitrogens is 2. The Morgan fingerprint density at radius 3 is 2.91 bits per heavy atom. The van der Waals surface area contributed by atoms with Crippen LogP contribution in [0.15, 0.2) is 50.8 Å². The molecule has 3 aromatic rings. The van der Waals surface area contributed by atoms with Gasteiger partial charge < -0.3 is 14.5 Å². The zero-order valence-electron chi connectivity index (χ0n) is 17.7. The summed E-state index contributed by atoms with van der Waals surface area (Å²) < 4.78 is 12.4. The summed E-state index contributed by atoms with van der Waals surface area (Å²) in [6.45, 7) is 3.24. The molecular weight excluding hydrogens is 448 g/mol. The van der Waals surface area contributed by atoms with E-state index in [0.29, 0.717) is 52.6 Å². The first kappa shape index (κ1) is 22.3. The minimum Gasteiger partial charge on any atom is -0.467 e. The van der Waals surface area contributed by atoms with E-state index in [1.807, 2.05) is 19.1 Å². The quantitative estimate of drug-likeness (QED) is 0.304. The molecule has 0 bridgehead atoms. The van der Waals surface area contributed by atoms with E-state index in [1.165, 1.54) is 21.1 Å². The van der Waals surface area contributed by atoms with Gasteiger partial charge in [-0.1, -0.05) is 30.0 Å². The molecule has 32 heavy (non-hydrogen) atoms. The van der Waals surface area contributed by atoms with E-state index in [2.05, 4.69) is 10.3 Å². The standard InChI is InChI=1S/C22H22N4O4S2/c1-14-6-3-8-25-19(14)24-18(23-13-15-7-4-11-30-15)16(20(25)27)12-17-21(28)26(22(31)32-17)9-5-10-29-2/h3-4,6-8,11-12,23H,5,9-10,13H2,1-2H3. The molecule has 1 aliphatic rings. The van der Waals surface area contributed by atoms with Gasteiger partial charge in [0.15, 0.2) is 0 Å². The van der Waals surface area contributed by atoms with Crippen LogP contribution in [0.1, 0.15) is 23.3 Å². The van der Waals surface area contributed by atoms with Crippen LogP contribution in [0.2, 0.25) is 0 Å². The molecule has 1 fully saturated rings. The van der Waals surface area contributed by atoms with E-state index in [9.17, 15) is 9.59 Å². The second-order valence-electron chi connectivity index (χ2n) is 7.18. The lowest BCUT2D eigenvalue weighted by Gasteiger charge is -2.13. The lowest BCUT2D eigenvalue weighted by atomic mass is 10.2. The zero-order valence-corrected chi connectivity index (χ0v) is 19.3. The summed E-state index contributed by atoms with van der Waals surface area (Å²) in [7, 11) is 1.61. The fraction of sp³-hybridized carbons (Fsp3) is 0.273. The van der Waals surface area contributed by atoms with Gasteiger partial charge in [-0.3, -0.25) is 18.9 Å². The number of hydrogen-bond acceptors (Lipinski definition) is 8. The molecule has 0 spiro atoms. The highest BCUT2D eigenvalue weighted by Gasteiger charge is 2.32. The van der Waals surface area contributed by atoms with Crippen LogP contribution in [0.25, 0.3) is 11.7 Å². The molecule has 0 unspecified atom stereocenters. The SMILES string of the molecule is COCCCN1C(=O)C(=Cc2c(NCc3ccco3)nc3c(C)cccn3c2=O)SC1=S. The number of amides is 1. The predicted octanol–water partition coefficient (Wildman–Crippen LogP) is 3.45. The Morgan fingerprint density at radius 1 is 1.31 bits per heavy atom. The van der Waals surface area contributed by atoms with Crippen molar-refractivity contribution >= 4 is 51.7 Å². The van der Waals surface area contributed by atoms with Crippen LogP contribution in [0.4, 0.5) is 5.82 Å². The Morgan fingerprint density at radius 2 is 2.16 bits per heavy atom. The van der Waals surface area contributed by atoms with Crippen LogP contribution in [0, 0.1) is 6.92 Å². The molecular formula is C22H22N4O4S2. The number of fused-ring (bicyclic) bond motifs is 1. The maximum absolute atomic E-state index is 13.4. The van der Waals surface area contributed by atoms with Crippen LogP contribution in [0.3, 0.4) is 0 Å². The third-order valence-corrected chi connectivity index (χ3v) is 6.35. The summed E-state index contributed by atoms with van der Waals surface area (Å²) in [4.78, 5) is 32.9. The number of anilines is 1. The van der Waals surface area contributed by atoms with Gasteiger partial charge in [0.25, 0.3) is 11.5 Å². The normalized spacial score (nSPS) is 15.3. The van der Waals surface area contributed by atoms with Crippen LogP contribution in [-0.2, 0) is 16.1 Å². The number of hydrogen-bond donors (Lipinski definition) is 1. The summed E-state index contributed by atoms with van der Waals surface area (Å²) in [5.41, 5.74) is 1.42. The first-order valence-corrected chi connectivity index (χ1v) is 11.2. The van der Waals surface area contributed by atoms with Crippen molar-refractivity contribution in [2.45, 2.75) is 19.9 Å². The molecule has 0 aliphatic carbocycles. The maximum atomic E-state index is 13.4. The average molecular weight is 471 g/mol. The number of pyridine rings is 1. The van der Waals surface area contributed by atoms with Gasteiger partial charge >= 0.3 is 0 Å². The lowest BCUT2D eigenvalue weighted by molar-refractivity contribution is -0.122. The lowest BCUT2D eigenvalue weighted by Crippen LogP contribution is -2.29. The summed E-state index contributed by atoms with van der Waals surface area (Å²) in [6.07, 6.45) is 5.50. The highest BCUT2D eigenvalue weighted by atomic mass is 32.2. The minimum atomic E-state index is -0.273. The number of nitrogens with zero attached hydrogens (tertiary/aromatic N) is 3. The van der Waals surface area contributed by atoms with Gasteiger partial charge in [-0.15, -0.1) is 0 Å². The molecule has 0 saturated carbocycles. The number of ether oxygens (including phenoxy) is 1. The fourth-order valence-electron chi connectivity index (χ4n) is 3.35. The monoisotopic (exact) mass is 470 g/mol. The van der Waals surface area contributed by atoms with Gasteiger partial charge in [0, 0.05) is 26.5 Å². The van der Waals surface area contributed by atoms with Crippen LogP contribution in [-0.4, -0.2) is 44.8 Å². The number of nitrogens with one attached hydrogen (secondary N) is 1. The van der Waals surface area contributed by atoms with Crippen LogP contribution in [0.5, 0.6) is 0 Å². The van der Waals surface area contributed by atoms with Crippen molar-refractivity contribution in [2.24, 2.45) is 0 Å². The van der Waals surface area contributed by atoms with Gasteiger partial charge in [0.1, 0.15) is 21.5 Å². The molecule has 1 saturated heterocycles. The molecule has 4 rings (SSSR count). The molecule has 0 atom stereocenters. The Bertz CT molecular complexity index is 1250. The van der Waals surface area contributed by atoms with Gasteiger partial charge in [-0.25, -0.2) is 4.98 Å². The summed E-state index contributed by atoms with van der Waals surface area (Å²) in [5, 5.41) is 3.18. The first-order valence-electron chi connectivity index (χ1n) is 10.0. The number of carbonyl (C=O) groups excluding carboxylic acids is 1. The van der Waals surface area contributed by atoms with Crippen molar-refractivity contribution in [3.8, 4) is 0 Å². The van der Waals surface area contributed by atoms with Gasteiger partial charge in [-0.05, 0) is 43.2 Å². The number of thioether (sulfide) groups is 1. The second-order valence-corrected chi connectivity index (χ2v) is 8.85. The fourth-order valence-corrected chi connectivity index (χ4v) is 4.64. The van der Waals surface area contributed by atoms with E-state index < -0.39 is 0 Å². The molecule has 0 radical (unpaired) electrons. The molecule has 3 aromatic heterocycles. The third kappa shape index (κ3) is 4.47. The minimum absolute atomic E-state index is 0.221. The third-order valence-electron chi connectivity index (χ3n) is 4.97. The predicted molar refractivity (Wildman–Crippen MR) is 129 cm³/mol. The summed E-state index contributed by atoms with van der Waals surface area (Å²) in [5.74, 6) is 0.861. The van der Waals surface area contributed by atoms with E-state index in [-0.39, 0.29) is 17.0 Å². The van der Waals surface area contributed by atoms with Crippen LogP contribution >= 0.6 is 24.0 Å². The van der Waals surface area contributed by atoms with Gasteiger partial charge in [-0.2, -0.15) is 0 Å². The van der Waals surface area contributed by atoms with Crippen molar-refractivity contribution in [2.75, 3.05) is 25.6 Å². The molecule has 1 N–H and O–H groups in total. The number of aryl methyl sites for hydroxylation is 1. The topological polar surface area (TPSA) is 89.1 Å². The van der Waals surface area contributed by atoms with Gasteiger partial charge in [0.2, 0.25) is 0 Å². The van der Waals surface area contributed by atoms with E-state index in [4.69, 9.17) is 21.4 Å². The Hall–Kier alpha value is -2.95. The Kier molecular flexibility index (Phi) is 6.73. The maximum Gasteiger partial charge on any atom is 0.267 e. The van der Waals surface area contributed by atoms with Crippen molar-refractivity contribution in [1.29, 1.82) is 0 Å². The second kappa shape index (κ2) is 9.68. The number of carbonyl (C=O) groups is 1. The summed E-state index contributed by atoms with van der Waals surface area (Å²) >= 11 is 6.57. The van der Waals surface area contributed by atoms with Crippen molar-refractivity contribution in [3.63, 3.8) is 0 Å². The number of methoxy groups -OCH3 is 1. The number of furan rings is 1. The van der Waals surface area contributed by atoms with E-state index in [0.717, 1.165) is 5.56 Å². The molecule has 8 nitrogen and oxygen atoms in total. The summed E-state index contributed by atoms with van der Waals surface area (Å²) in [6, 6.07) is 7.31. The Balaban J connectivity index is 1.74. The van der Waals surface area contributed by atoms with Crippen molar-refractivity contribution < 1.29 is 13.9 Å². The number of thiocarbonyl (C=S) groups is 1. The highest BCUT2D eigenvalue weighted by Crippen LogP contribution is 2.33. The molecule has 1 aliphatic heterocycles. The van der Waals surface area contributed by atoms with E-state index in [1.54, 1.807) is 37.8 Å². The Labute approximate surface area is 194 Å². The zero-order chi connectivity index (χ0) is 22.7. The number of rotatable bonds is 8. The average Bonchev–Trinajstić information content (AvgIpc) is 3.39. The molecule has 0 aromatic carbocycles. The smallest absolute Gasteiger partial charge is 0.267 e. The van der Waals surface area contributed by atoms with Crippen molar-refractivity contribution in [3.05, 3.63) is 68.9 Å². The van der Waals surface area contributed by atoms with Crippen LogP contribution < -0.4 is 10.9 Å². The largest absolute Gasteiger partial charge is 0.467 e. The molecule has 166 valence electrons. The highest BCUT2D eigenvalue weighted by molar-refractivity contribution is 8.26. The first-order chi connectivity index (χ1) is 15.5. The molecule has 10 heteroatoms. The van der Waals surface area contributed by atoms with E-state index >= 15 is 0 Å². The molecule has 4 heterocycles. The van der Waals surface area contributed by atoms with Crippen molar-refractivity contribution in [1.82, 2.24) is 14.3 Å². The molecule has 1 amide bonds.